The van der Waals surface area contributed by atoms with Crippen LogP contribution in [0.2, 0.25) is 0 Å². The zero-order valence-corrected chi connectivity index (χ0v) is 11.2. The van der Waals surface area contributed by atoms with E-state index in [0.717, 1.165) is 15.9 Å². The molecule has 0 atom stereocenters. The lowest BCUT2D eigenvalue weighted by Gasteiger charge is -2.19. The first-order chi connectivity index (χ1) is 8.25. The van der Waals surface area contributed by atoms with Gasteiger partial charge in [-0.3, -0.25) is 4.40 Å². The van der Waals surface area contributed by atoms with Gasteiger partial charge in [-0.15, -0.1) is 10.2 Å². The lowest BCUT2D eigenvalue weighted by Crippen LogP contribution is -2.09. The molecule has 2 aromatic rings. The zero-order valence-electron chi connectivity index (χ0n) is 9.56. The number of fused-ring (bicyclic) bond motifs is 1. The zero-order chi connectivity index (χ0) is 11.8. The van der Waals surface area contributed by atoms with Gasteiger partial charge in [0.2, 0.25) is 0 Å². The van der Waals surface area contributed by atoms with E-state index in [9.17, 15) is 0 Å². The first-order valence-corrected chi connectivity index (χ1v) is 6.84. The van der Waals surface area contributed by atoms with Crippen LogP contribution in [0.5, 0.6) is 0 Å². The smallest absolute Gasteiger partial charge is 0.184 e. The Morgan fingerprint density at radius 2 is 2.00 bits per heavy atom. The van der Waals surface area contributed by atoms with Gasteiger partial charge in [0.15, 0.2) is 5.65 Å². The van der Waals surface area contributed by atoms with Gasteiger partial charge in [0.05, 0.1) is 5.69 Å². The number of rotatable bonds is 1. The molecule has 1 aliphatic rings. The Bertz CT molecular complexity index is 543. The largest absolute Gasteiger partial charge is 0.396 e. The summed E-state index contributed by atoms with van der Waals surface area (Å²) < 4.78 is 3.01. The van der Waals surface area contributed by atoms with E-state index in [1.807, 2.05) is 16.7 Å². The van der Waals surface area contributed by atoms with Crippen molar-refractivity contribution in [1.29, 1.82) is 0 Å². The van der Waals surface area contributed by atoms with Gasteiger partial charge < -0.3 is 5.73 Å². The molecule has 5 heteroatoms. The first kappa shape index (κ1) is 11.0. The third-order valence-electron chi connectivity index (χ3n) is 3.50. The maximum Gasteiger partial charge on any atom is 0.184 e. The van der Waals surface area contributed by atoms with Gasteiger partial charge in [-0.25, -0.2) is 0 Å². The lowest BCUT2D eigenvalue weighted by molar-refractivity contribution is 0.426. The van der Waals surface area contributed by atoms with Crippen molar-refractivity contribution in [2.24, 2.45) is 0 Å². The Kier molecular flexibility index (Phi) is 2.78. The van der Waals surface area contributed by atoms with Gasteiger partial charge in [0, 0.05) is 16.6 Å². The van der Waals surface area contributed by atoms with Crippen LogP contribution in [0, 0.1) is 0 Å². The minimum atomic E-state index is 0.535. The average Bonchev–Trinajstić information content (AvgIpc) is 2.74. The maximum atomic E-state index is 5.95. The van der Waals surface area contributed by atoms with E-state index in [1.54, 1.807) is 0 Å². The molecule has 0 radical (unpaired) electrons. The highest BCUT2D eigenvalue weighted by Gasteiger charge is 2.21. The SMILES string of the molecule is Nc1cc(Br)cn2c(C3CCCCC3)nnc12. The Morgan fingerprint density at radius 3 is 2.76 bits per heavy atom. The molecule has 4 nitrogen and oxygen atoms in total. The highest BCUT2D eigenvalue weighted by atomic mass is 79.9. The average molecular weight is 295 g/mol. The van der Waals surface area contributed by atoms with E-state index in [0.29, 0.717) is 11.6 Å². The van der Waals surface area contributed by atoms with Crippen molar-refractivity contribution in [3.63, 3.8) is 0 Å². The summed E-state index contributed by atoms with van der Waals surface area (Å²) in [6.07, 6.45) is 8.38. The maximum absolute atomic E-state index is 5.95. The fourth-order valence-electron chi connectivity index (χ4n) is 2.64. The van der Waals surface area contributed by atoms with Gasteiger partial charge in [-0.05, 0) is 34.8 Å². The van der Waals surface area contributed by atoms with Crippen LogP contribution in [-0.4, -0.2) is 14.6 Å². The number of nitrogen functional groups attached to an aromatic ring is 1. The second kappa shape index (κ2) is 4.29. The molecule has 1 aliphatic carbocycles. The Balaban J connectivity index is 2.10. The topological polar surface area (TPSA) is 56.2 Å². The number of halogens is 1. The molecule has 0 amide bonds. The van der Waals surface area contributed by atoms with Crippen molar-refractivity contribution in [3.8, 4) is 0 Å². The van der Waals surface area contributed by atoms with Crippen LogP contribution in [0.25, 0.3) is 5.65 Å². The van der Waals surface area contributed by atoms with Crippen LogP contribution in [-0.2, 0) is 0 Å². The van der Waals surface area contributed by atoms with Crippen molar-refractivity contribution in [3.05, 3.63) is 22.6 Å². The van der Waals surface area contributed by atoms with E-state index in [-0.39, 0.29) is 0 Å². The standard InChI is InChI=1S/C12H15BrN4/c13-9-6-10(14)12-16-15-11(17(12)7-9)8-4-2-1-3-5-8/h6-8H,1-5,14H2. The van der Waals surface area contributed by atoms with Crippen molar-refractivity contribution < 1.29 is 0 Å². The van der Waals surface area contributed by atoms with Crippen LogP contribution < -0.4 is 5.73 Å². The van der Waals surface area contributed by atoms with Crippen molar-refractivity contribution >= 4 is 27.3 Å². The van der Waals surface area contributed by atoms with E-state index >= 15 is 0 Å². The predicted octanol–water partition coefficient (Wildman–Crippen LogP) is 3.12. The van der Waals surface area contributed by atoms with E-state index in [4.69, 9.17) is 5.73 Å². The van der Waals surface area contributed by atoms with Gasteiger partial charge in [-0.2, -0.15) is 0 Å². The summed E-state index contributed by atoms with van der Waals surface area (Å²) in [4.78, 5) is 0. The molecule has 1 saturated carbocycles. The molecule has 2 heterocycles. The molecule has 17 heavy (non-hydrogen) atoms. The molecular weight excluding hydrogens is 280 g/mol. The fourth-order valence-corrected chi connectivity index (χ4v) is 3.09. The molecule has 0 spiro atoms. The molecule has 0 bridgehead atoms. The molecule has 2 N–H and O–H groups in total. The minimum absolute atomic E-state index is 0.535. The summed E-state index contributed by atoms with van der Waals surface area (Å²) in [5, 5.41) is 8.53. The monoisotopic (exact) mass is 294 g/mol. The van der Waals surface area contributed by atoms with Crippen molar-refractivity contribution in [2.75, 3.05) is 5.73 Å². The molecule has 0 aromatic carbocycles. The van der Waals surface area contributed by atoms with E-state index in [1.165, 1.54) is 32.1 Å². The summed E-state index contributed by atoms with van der Waals surface area (Å²) in [5.74, 6) is 1.60. The first-order valence-electron chi connectivity index (χ1n) is 6.05. The number of anilines is 1. The van der Waals surface area contributed by atoms with Crippen LogP contribution >= 0.6 is 15.9 Å². The second-order valence-corrected chi connectivity index (χ2v) is 5.62. The second-order valence-electron chi connectivity index (χ2n) is 4.70. The third-order valence-corrected chi connectivity index (χ3v) is 3.93. The molecule has 1 fully saturated rings. The number of aromatic nitrogens is 3. The van der Waals surface area contributed by atoms with Crippen LogP contribution in [0.15, 0.2) is 16.7 Å². The van der Waals surface area contributed by atoms with Gasteiger partial charge >= 0.3 is 0 Å². The molecule has 90 valence electrons. The summed E-state index contributed by atoms with van der Waals surface area (Å²) in [5.41, 5.74) is 7.39. The van der Waals surface area contributed by atoms with Gasteiger partial charge in [0.25, 0.3) is 0 Å². The number of nitrogens with zero attached hydrogens (tertiary/aromatic N) is 3. The molecule has 0 aliphatic heterocycles. The number of hydrogen-bond donors (Lipinski definition) is 1. The van der Waals surface area contributed by atoms with Gasteiger partial charge in [-0.1, -0.05) is 19.3 Å². The Labute approximate surface area is 108 Å². The normalized spacial score (nSPS) is 17.7. The van der Waals surface area contributed by atoms with Gasteiger partial charge in [0.1, 0.15) is 5.82 Å². The summed E-state index contributed by atoms with van der Waals surface area (Å²) in [7, 11) is 0. The Morgan fingerprint density at radius 1 is 1.24 bits per heavy atom. The van der Waals surface area contributed by atoms with Crippen LogP contribution in [0.1, 0.15) is 43.8 Å². The predicted molar refractivity (Wildman–Crippen MR) is 70.9 cm³/mol. The van der Waals surface area contributed by atoms with Crippen molar-refractivity contribution in [2.45, 2.75) is 38.0 Å². The third kappa shape index (κ3) is 1.92. The van der Waals surface area contributed by atoms with Crippen LogP contribution in [0.3, 0.4) is 0 Å². The summed E-state index contributed by atoms with van der Waals surface area (Å²) >= 11 is 3.47. The summed E-state index contributed by atoms with van der Waals surface area (Å²) in [6.45, 7) is 0. The highest BCUT2D eigenvalue weighted by Crippen LogP contribution is 2.32. The molecular formula is C12H15BrN4. The van der Waals surface area contributed by atoms with Crippen molar-refractivity contribution in [1.82, 2.24) is 14.6 Å². The Hall–Kier alpha value is -1.10. The minimum Gasteiger partial charge on any atom is -0.396 e. The van der Waals surface area contributed by atoms with E-state index < -0.39 is 0 Å². The number of pyridine rings is 1. The van der Waals surface area contributed by atoms with E-state index in [2.05, 4.69) is 26.1 Å². The van der Waals surface area contributed by atoms with Crippen LogP contribution in [0.4, 0.5) is 5.69 Å². The number of hydrogen-bond acceptors (Lipinski definition) is 3. The molecule has 0 saturated heterocycles. The molecule has 0 unspecified atom stereocenters. The molecule has 2 aromatic heterocycles. The highest BCUT2D eigenvalue weighted by molar-refractivity contribution is 9.10. The quantitative estimate of drug-likeness (QED) is 0.879. The summed E-state index contributed by atoms with van der Waals surface area (Å²) in [6, 6.07) is 1.87. The fraction of sp³-hybridized carbons (Fsp3) is 0.500. The molecule has 3 rings (SSSR count). The number of nitrogens with two attached hydrogens (primary N) is 1. The lowest BCUT2D eigenvalue weighted by atomic mass is 9.89.